The molecule has 8 nitrogen and oxygen atoms in total. The van der Waals surface area contributed by atoms with Crippen molar-refractivity contribution in [2.75, 3.05) is 19.8 Å². The van der Waals surface area contributed by atoms with Crippen LogP contribution in [0.1, 0.15) is 47.0 Å². The maximum Gasteiger partial charge on any atom is 0.380 e. The highest BCUT2D eigenvalue weighted by Gasteiger charge is 2.59. The number of nitrogens with zero attached hydrogens (tertiary/aromatic N) is 1. The van der Waals surface area contributed by atoms with Crippen molar-refractivity contribution in [1.29, 1.82) is 0 Å². The first-order valence-electron chi connectivity index (χ1n) is 11.6. The number of carbonyl (C=O) groups is 1. The maximum absolute atomic E-state index is 13.3. The van der Waals surface area contributed by atoms with Crippen molar-refractivity contribution in [3.8, 4) is 0 Å². The summed E-state index contributed by atoms with van der Waals surface area (Å²) in [5, 5.41) is 2.67. The average Bonchev–Trinajstić information content (AvgIpc) is 3.24. The molecule has 0 aromatic rings. The van der Waals surface area contributed by atoms with Crippen LogP contribution < -0.4 is 5.32 Å². The molecular weight excluding hydrogens is 546 g/mol. The Morgan fingerprint density at radius 2 is 1.97 bits per heavy atom. The highest BCUT2D eigenvalue weighted by Crippen LogP contribution is 2.60. The third-order valence-corrected chi connectivity index (χ3v) is 8.72. The number of hydrogen-bond donors (Lipinski definition) is 1. The Morgan fingerprint density at radius 1 is 1.32 bits per heavy atom. The van der Waals surface area contributed by atoms with Gasteiger partial charge in [0.2, 0.25) is 5.91 Å². The van der Waals surface area contributed by atoms with Crippen LogP contribution in [-0.4, -0.2) is 83.8 Å². The third kappa shape index (κ3) is 6.97. The summed E-state index contributed by atoms with van der Waals surface area (Å²) in [6.45, 7) is 8.41. The van der Waals surface area contributed by atoms with E-state index in [1.54, 1.807) is 13.8 Å². The van der Waals surface area contributed by atoms with E-state index in [0.717, 1.165) is 25.8 Å². The SMILES string of the molecule is CCC[C@@H]1C[C@@H](C(=O)NC(C(C)Cl)[C@H]2O[C@H](SC)[C@H](OP(=O)(Cl)Cl)[C@H]3OC(C)(C)O[C@H]32)N(C)C1. The number of nitrogens with one attached hydrogen (secondary N) is 1. The summed E-state index contributed by atoms with van der Waals surface area (Å²) in [5.41, 5.74) is -0.618. The number of thioether (sulfide) groups is 1. The van der Waals surface area contributed by atoms with Crippen molar-refractivity contribution in [3.63, 3.8) is 0 Å². The topological polar surface area (TPSA) is 86.3 Å². The minimum absolute atomic E-state index is 0.0815. The fourth-order valence-corrected chi connectivity index (χ4v) is 7.34. The van der Waals surface area contributed by atoms with E-state index in [9.17, 15) is 9.36 Å². The molecule has 0 bridgehead atoms. The summed E-state index contributed by atoms with van der Waals surface area (Å²) in [4.78, 5) is 15.4. The summed E-state index contributed by atoms with van der Waals surface area (Å²) in [5.74, 6) is -0.541. The second-order valence-electron chi connectivity index (χ2n) is 9.81. The molecule has 0 radical (unpaired) electrons. The molecule has 3 aliphatic rings. The van der Waals surface area contributed by atoms with Crippen molar-refractivity contribution in [1.82, 2.24) is 10.2 Å². The Hall–Kier alpha value is 0.720. The van der Waals surface area contributed by atoms with Crippen molar-refractivity contribution in [2.24, 2.45) is 5.92 Å². The van der Waals surface area contributed by atoms with Crippen LogP contribution in [0.5, 0.6) is 0 Å². The molecule has 0 aliphatic carbocycles. The second kappa shape index (κ2) is 11.6. The Kier molecular flexibility index (Phi) is 10.0. The number of rotatable bonds is 9. The van der Waals surface area contributed by atoms with Gasteiger partial charge >= 0.3 is 6.07 Å². The van der Waals surface area contributed by atoms with Crippen molar-refractivity contribution in [3.05, 3.63) is 0 Å². The van der Waals surface area contributed by atoms with Gasteiger partial charge in [-0.1, -0.05) is 13.3 Å². The molecule has 1 N–H and O–H groups in total. The van der Waals surface area contributed by atoms with E-state index in [1.165, 1.54) is 11.8 Å². The first-order chi connectivity index (χ1) is 15.8. The van der Waals surface area contributed by atoms with Gasteiger partial charge in [-0.2, -0.15) is 0 Å². The van der Waals surface area contributed by atoms with Crippen molar-refractivity contribution < 1.29 is 28.1 Å². The molecule has 3 heterocycles. The predicted octanol–water partition coefficient (Wildman–Crippen LogP) is 4.80. The predicted molar refractivity (Wildman–Crippen MR) is 137 cm³/mol. The summed E-state index contributed by atoms with van der Waals surface area (Å²) in [6.07, 6.45) is -1.84. The molecule has 0 spiro atoms. The van der Waals surface area contributed by atoms with Crippen LogP contribution in [0, 0.1) is 5.92 Å². The number of fused-ring (bicyclic) bond motifs is 1. The zero-order chi connectivity index (χ0) is 25.4. The van der Waals surface area contributed by atoms with Gasteiger partial charge in [0, 0.05) is 6.54 Å². The van der Waals surface area contributed by atoms with Crippen LogP contribution in [0.4, 0.5) is 0 Å². The quantitative estimate of drug-likeness (QED) is 0.307. The van der Waals surface area contributed by atoms with Gasteiger partial charge in [0.25, 0.3) is 0 Å². The van der Waals surface area contributed by atoms with Crippen LogP contribution in [0.3, 0.4) is 0 Å². The average molecular weight is 582 g/mol. The largest absolute Gasteiger partial charge is 0.380 e. The molecule has 1 amide bonds. The summed E-state index contributed by atoms with van der Waals surface area (Å²) in [7, 11) is 1.98. The number of likely N-dealkylation sites (N-methyl/N-ethyl adjacent to an activating group) is 1. The van der Waals surface area contributed by atoms with E-state index in [1.807, 2.05) is 20.2 Å². The molecule has 3 saturated heterocycles. The third-order valence-electron chi connectivity index (χ3n) is 6.64. The lowest BCUT2D eigenvalue weighted by Gasteiger charge is -2.45. The molecule has 2 unspecified atom stereocenters. The molecule has 0 aromatic carbocycles. The fourth-order valence-electron chi connectivity index (χ4n) is 5.27. The lowest BCUT2D eigenvalue weighted by atomic mass is 9.92. The van der Waals surface area contributed by atoms with E-state index in [2.05, 4.69) is 17.1 Å². The molecule has 0 saturated carbocycles. The lowest BCUT2D eigenvalue weighted by molar-refractivity contribution is -0.163. The van der Waals surface area contributed by atoms with Crippen molar-refractivity contribution >= 4 is 57.8 Å². The van der Waals surface area contributed by atoms with Crippen LogP contribution in [0.2, 0.25) is 0 Å². The first-order valence-corrected chi connectivity index (χ1v) is 16.8. The second-order valence-corrected chi connectivity index (χ2v) is 15.7. The van der Waals surface area contributed by atoms with E-state index in [4.69, 9.17) is 52.8 Å². The van der Waals surface area contributed by atoms with Gasteiger partial charge in [-0.05, 0) is 75.3 Å². The van der Waals surface area contributed by atoms with Crippen LogP contribution >= 0.6 is 51.9 Å². The Morgan fingerprint density at radius 3 is 2.53 bits per heavy atom. The Labute approximate surface area is 221 Å². The first kappa shape index (κ1) is 29.3. The van der Waals surface area contributed by atoms with Crippen LogP contribution in [0.25, 0.3) is 0 Å². The van der Waals surface area contributed by atoms with Gasteiger partial charge in [0.15, 0.2) is 5.79 Å². The molecule has 3 rings (SSSR count). The molecule has 13 heteroatoms. The Bertz CT molecular complexity index is 775. The van der Waals surface area contributed by atoms with Gasteiger partial charge in [-0.25, -0.2) is 0 Å². The Balaban J connectivity index is 1.83. The monoisotopic (exact) mass is 580 g/mol. The van der Waals surface area contributed by atoms with Crippen LogP contribution in [-0.2, 0) is 28.1 Å². The number of halogens is 3. The number of amides is 1. The fraction of sp³-hybridized carbons (Fsp3) is 0.952. The zero-order valence-electron chi connectivity index (χ0n) is 20.4. The summed E-state index contributed by atoms with van der Waals surface area (Å²) < 4.78 is 36.2. The summed E-state index contributed by atoms with van der Waals surface area (Å²) >= 11 is 19.4. The molecule has 9 atom stereocenters. The maximum atomic E-state index is 13.3. The van der Waals surface area contributed by atoms with E-state index in [-0.39, 0.29) is 11.9 Å². The molecule has 3 fully saturated rings. The van der Waals surface area contributed by atoms with Gasteiger partial charge in [-0.15, -0.1) is 23.4 Å². The minimum Gasteiger partial charge on any atom is -0.356 e. The minimum atomic E-state index is -3.88. The summed E-state index contributed by atoms with van der Waals surface area (Å²) in [6, 6.07) is -0.788. The number of ether oxygens (including phenoxy) is 3. The van der Waals surface area contributed by atoms with Gasteiger partial charge in [-0.3, -0.25) is 18.8 Å². The van der Waals surface area contributed by atoms with Gasteiger partial charge in [0.1, 0.15) is 29.9 Å². The number of hydrogen-bond acceptors (Lipinski definition) is 8. The molecular formula is C21H36Cl3N2O6PS. The van der Waals surface area contributed by atoms with E-state index >= 15 is 0 Å². The molecule has 198 valence electrons. The zero-order valence-corrected chi connectivity index (χ0v) is 24.4. The highest BCUT2D eigenvalue weighted by atomic mass is 35.9. The molecule has 34 heavy (non-hydrogen) atoms. The molecule has 0 aromatic heterocycles. The number of carbonyl (C=O) groups excluding carboxylic acids is 1. The van der Waals surface area contributed by atoms with E-state index in [0.29, 0.717) is 5.92 Å². The smallest absolute Gasteiger partial charge is 0.356 e. The number of alkyl halides is 1. The normalized spacial score (nSPS) is 37.9. The van der Waals surface area contributed by atoms with Gasteiger partial charge < -0.3 is 19.5 Å². The molecule has 3 aliphatic heterocycles. The van der Waals surface area contributed by atoms with Crippen LogP contribution in [0.15, 0.2) is 0 Å². The van der Waals surface area contributed by atoms with Gasteiger partial charge in [0.05, 0.1) is 17.5 Å². The van der Waals surface area contributed by atoms with E-state index < -0.39 is 53.1 Å². The lowest BCUT2D eigenvalue weighted by Crippen LogP contribution is -2.64. The standard InChI is InChI=1S/C21H36Cl3N2O6PS/c1-7-8-12-9-13(26(5)10-12)19(27)25-14(11(2)22)15-16-17(31-21(3,4)30-16)18(20(29-15)34-6)32-33(23,24)28/h11-18,20H,7-10H2,1-6H3,(H,25,27)/t11?,12-,13+,14?,15-,16+,17+,18-,20-/m1/s1. The highest BCUT2D eigenvalue weighted by molar-refractivity contribution is 8.05. The van der Waals surface area contributed by atoms with Crippen molar-refractivity contribution in [2.45, 2.75) is 100 Å². The number of likely N-dealkylation sites (tertiary alicyclic amines) is 1.